The fraction of sp³-hybridized carbons (Fsp3) is 0.400. The first-order valence-electron chi connectivity index (χ1n) is 13.8. The van der Waals surface area contributed by atoms with Gasteiger partial charge in [-0.3, -0.25) is 9.36 Å². The maximum Gasteiger partial charge on any atom is 0.268 e. The highest BCUT2D eigenvalue weighted by molar-refractivity contribution is 7.99. The molecule has 1 unspecified atom stereocenters. The van der Waals surface area contributed by atoms with Gasteiger partial charge in [-0.15, -0.1) is 11.3 Å². The molecule has 1 saturated carbocycles. The smallest absolute Gasteiger partial charge is 0.268 e. The van der Waals surface area contributed by atoms with Gasteiger partial charge in [-0.25, -0.2) is 9.97 Å². The molecule has 2 fully saturated rings. The summed E-state index contributed by atoms with van der Waals surface area (Å²) in [5.74, 6) is 4.91. The molecule has 10 heteroatoms. The quantitative estimate of drug-likeness (QED) is 0.284. The van der Waals surface area contributed by atoms with Crippen molar-refractivity contribution in [3.05, 3.63) is 74.1 Å². The minimum atomic E-state index is -0.196. The lowest BCUT2D eigenvalue weighted by atomic mass is 10.0. The zero-order valence-corrected chi connectivity index (χ0v) is 24.1. The Labute approximate surface area is 242 Å². The zero-order chi connectivity index (χ0) is 27.3. The van der Waals surface area contributed by atoms with Crippen molar-refractivity contribution in [2.75, 3.05) is 30.8 Å². The van der Waals surface area contributed by atoms with Crippen molar-refractivity contribution in [3.8, 4) is 12.0 Å². The number of hydrogen-bond acceptors (Lipinski definition) is 9. The maximum absolute atomic E-state index is 13.7. The Balaban J connectivity index is 1.34. The Morgan fingerprint density at radius 1 is 1.20 bits per heavy atom. The largest absolute Gasteiger partial charge is 0.447 e. The summed E-state index contributed by atoms with van der Waals surface area (Å²) >= 11 is 3.59. The van der Waals surface area contributed by atoms with E-state index in [2.05, 4.69) is 51.9 Å². The maximum atomic E-state index is 13.7. The molecular formula is C30H32N6O2S2. The first-order chi connectivity index (χ1) is 19.7. The molecule has 1 saturated heterocycles. The number of anilines is 2. The molecule has 8 nitrogen and oxygen atoms in total. The van der Waals surface area contributed by atoms with E-state index in [0.717, 1.165) is 53.3 Å². The molecular weight excluding hydrogens is 541 g/mol. The molecule has 1 aliphatic carbocycles. The zero-order valence-electron chi connectivity index (χ0n) is 22.5. The highest BCUT2D eigenvalue weighted by atomic mass is 32.2. The first kappa shape index (κ1) is 26.8. The van der Waals surface area contributed by atoms with Crippen molar-refractivity contribution in [2.24, 2.45) is 0 Å². The van der Waals surface area contributed by atoms with E-state index in [1.807, 2.05) is 24.2 Å². The molecule has 0 amide bonds. The summed E-state index contributed by atoms with van der Waals surface area (Å²) in [5.41, 5.74) is 5.95. The Hall–Kier alpha value is -3.39. The average Bonchev–Trinajstić information content (AvgIpc) is 3.69. The van der Waals surface area contributed by atoms with Crippen molar-refractivity contribution in [1.29, 1.82) is 0 Å². The van der Waals surface area contributed by atoms with Gasteiger partial charge in [0.25, 0.3) is 5.56 Å². The van der Waals surface area contributed by atoms with E-state index < -0.39 is 0 Å². The number of benzene rings is 1. The van der Waals surface area contributed by atoms with Crippen LogP contribution in [0.2, 0.25) is 0 Å². The topological polar surface area (TPSA) is 94.0 Å². The number of pyridine rings is 1. The van der Waals surface area contributed by atoms with Crippen LogP contribution in [0.4, 0.5) is 11.6 Å². The summed E-state index contributed by atoms with van der Waals surface area (Å²) in [6.07, 6.45) is 9.14. The lowest BCUT2D eigenvalue weighted by Crippen LogP contribution is -2.28. The van der Waals surface area contributed by atoms with E-state index in [-0.39, 0.29) is 5.56 Å². The Kier molecular flexibility index (Phi) is 8.32. The van der Waals surface area contributed by atoms with Gasteiger partial charge in [0.2, 0.25) is 5.95 Å². The minimum absolute atomic E-state index is 0.196. The van der Waals surface area contributed by atoms with Gasteiger partial charge in [0.1, 0.15) is 11.8 Å². The van der Waals surface area contributed by atoms with Gasteiger partial charge >= 0.3 is 0 Å². The Bertz CT molecular complexity index is 1590. The number of ether oxygens (including phenoxy) is 1. The normalized spacial score (nSPS) is 17.5. The second kappa shape index (κ2) is 12.4. The molecule has 2 N–H and O–H groups in total. The summed E-state index contributed by atoms with van der Waals surface area (Å²) in [4.78, 5) is 28.9. The number of nitrogens with zero attached hydrogens (tertiary/aromatic N) is 4. The van der Waals surface area contributed by atoms with Crippen molar-refractivity contribution < 1.29 is 4.74 Å². The number of aromatic nitrogens is 4. The fourth-order valence-electron chi connectivity index (χ4n) is 5.38. The lowest BCUT2D eigenvalue weighted by Gasteiger charge is -2.22. The molecule has 1 aromatic carbocycles. The molecule has 206 valence electrons. The van der Waals surface area contributed by atoms with E-state index in [4.69, 9.17) is 14.7 Å². The number of thiazole rings is 1. The monoisotopic (exact) mass is 572 g/mol. The average molecular weight is 573 g/mol. The molecule has 3 aromatic heterocycles. The highest BCUT2D eigenvalue weighted by Crippen LogP contribution is 2.36. The summed E-state index contributed by atoms with van der Waals surface area (Å²) in [5, 5.41) is 8.00. The van der Waals surface area contributed by atoms with Crippen molar-refractivity contribution in [1.82, 2.24) is 24.8 Å². The molecule has 2 aliphatic rings. The molecule has 0 radical (unpaired) electrons. The Morgan fingerprint density at radius 2 is 2.05 bits per heavy atom. The second-order valence-electron chi connectivity index (χ2n) is 10.0. The van der Waals surface area contributed by atoms with Crippen molar-refractivity contribution >= 4 is 45.8 Å². The fourth-order valence-corrected chi connectivity index (χ4v) is 7.35. The number of hydrogen-bond donors (Lipinski definition) is 2. The van der Waals surface area contributed by atoms with Gasteiger partial charge in [-0.05, 0) is 49.4 Å². The van der Waals surface area contributed by atoms with Crippen LogP contribution in [0.25, 0.3) is 11.0 Å². The Morgan fingerprint density at radius 3 is 2.83 bits per heavy atom. The van der Waals surface area contributed by atoms with E-state index in [0.29, 0.717) is 41.5 Å². The summed E-state index contributed by atoms with van der Waals surface area (Å²) in [6.45, 7) is 4.77. The van der Waals surface area contributed by atoms with Crippen molar-refractivity contribution in [2.45, 2.75) is 50.3 Å². The van der Waals surface area contributed by atoms with E-state index in [9.17, 15) is 4.79 Å². The summed E-state index contributed by atoms with van der Waals surface area (Å²) < 4.78 is 6.91. The highest BCUT2D eigenvalue weighted by Gasteiger charge is 2.23. The molecule has 6 rings (SSSR count). The van der Waals surface area contributed by atoms with E-state index in [1.165, 1.54) is 18.4 Å². The van der Waals surface area contributed by atoms with Gasteiger partial charge in [0.05, 0.1) is 29.9 Å². The van der Waals surface area contributed by atoms with Crippen LogP contribution in [0.5, 0.6) is 0 Å². The van der Waals surface area contributed by atoms with Gasteiger partial charge in [-0.2, -0.15) is 16.7 Å². The molecule has 0 spiro atoms. The number of thioether (sulfide) groups is 1. The van der Waals surface area contributed by atoms with Crippen LogP contribution in [0, 0.1) is 12.0 Å². The predicted octanol–water partition coefficient (Wildman–Crippen LogP) is 5.42. The van der Waals surface area contributed by atoms with Crippen LogP contribution in [0.1, 0.15) is 65.5 Å². The number of nitrogens with one attached hydrogen (secondary N) is 2. The van der Waals surface area contributed by atoms with Crippen LogP contribution >= 0.6 is 23.1 Å². The minimum Gasteiger partial charge on any atom is -0.447 e. The van der Waals surface area contributed by atoms with Gasteiger partial charge in [-0.1, -0.05) is 25.0 Å². The number of fused-ring (bicyclic) bond motifs is 1. The van der Waals surface area contributed by atoms with E-state index in [1.54, 1.807) is 28.2 Å². The summed E-state index contributed by atoms with van der Waals surface area (Å²) in [6, 6.07) is 10.2. The van der Waals surface area contributed by atoms with E-state index >= 15 is 0 Å². The van der Waals surface area contributed by atoms with Crippen LogP contribution in [-0.4, -0.2) is 45.0 Å². The van der Waals surface area contributed by atoms with Gasteiger partial charge in [0.15, 0.2) is 0 Å². The molecule has 1 atom stereocenters. The van der Waals surface area contributed by atoms with Crippen LogP contribution in [0.3, 0.4) is 0 Å². The SMILES string of the molecule is CCOC#Cc1cc2cnc(Nc3ccc(C4CNCCS4)cc3)nc2n(Cc2scnc2C2CCCC2)c1=O. The third-order valence-corrected chi connectivity index (χ3v) is 9.53. The van der Waals surface area contributed by atoms with Crippen LogP contribution in [-0.2, 0) is 11.3 Å². The van der Waals surface area contributed by atoms with Gasteiger partial charge < -0.3 is 15.4 Å². The first-order valence-corrected chi connectivity index (χ1v) is 15.8. The third kappa shape index (κ3) is 5.87. The summed E-state index contributed by atoms with van der Waals surface area (Å²) in [7, 11) is 0. The second-order valence-corrected chi connectivity index (χ2v) is 12.3. The number of rotatable bonds is 7. The predicted molar refractivity (Wildman–Crippen MR) is 163 cm³/mol. The molecule has 0 bridgehead atoms. The molecule has 40 heavy (non-hydrogen) atoms. The third-order valence-electron chi connectivity index (χ3n) is 7.41. The molecule has 4 aromatic rings. The molecule has 4 heterocycles. The standard InChI is InChI=1S/C30H32N6O2S2/c1-2-38-13-11-22-15-23-16-32-30(34-24-9-7-20(8-10-24)25-17-31-12-14-39-25)35-28(23)36(29(22)37)18-26-27(33-19-40-26)21-5-3-4-6-21/h7-10,15-16,19,21,25,31H,2-6,12,14,17-18H2,1H3,(H,32,34,35). The van der Waals surface area contributed by atoms with Crippen LogP contribution in [0.15, 0.2) is 46.8 Å². The van der Waals surface area contributed by atoms with Gasteiger partial charge in [0, 0.05) is 52.2 Å². The molecule has 1 aliphatic heterocycles. The lowest BCUT2D eigenvalue weighted by molar-refractivity contribution is 0.299. The van der Waals surface area contributed by atoms with Crippen LogP contribution < -0.4 is 16.2 Å². The van der Waals surface area contributed by atoms with Crippen molar-refractivity contribution in [3.63, 3.8) is 0 Å².